The minimum Gasteiger partial charge on any atom is -0.394 e. The van der Waals surface area contributed by atoms with Gasteiger partial charge in [0.2, 0.25) is 0 Å². The maximum Gasteiger partial charge on any atom is 0.181 e. The summed E-state index contributed by atoms with van der Waals surface area (Å²) in [6.45, 7) is -0.539. The number of aliphatic hydroxyl groups is 4. The van der Waals surface area contributed by atoms with Gasteiger partial charge in [0.15, 0.2) is 6.29 Å². The van der Waals surface area contributed by atoms with Crippen LogP contribution in [0.15, 0.2) is 5.11 Å². The molecule has 0 saturated carbocycles. The van der Waals surface area contributed by atoms with Gasteiger partial charge in [-0.25, -0.2) is 0 Å². The van der Waals surface area contributed by atoms with Crippen LogP contribution in [0.1, 0.15) is 0 Å². The van der Waals surface area contributed by atoms with Gasteiger partial charge in [0, 0.05) is 4.91 Å². The topological polar surface area (TPSA) is 139 Å². The molecule has 8 heteroatoms. The first-order valence-corrected chi connectivity index (χ1v) is 3.96. The predicted octanol–water partition coefficient (Wildman–Crippen LogP) is -1.90. The minimum atomic E-state index is -1.58. The summed E-state index contributed by atoms with van der Waals surface area (Å²) in [6.07, 6.45) is -5.48. The van der Waals surface area contributed by atoms with Crippen LogP contribution in [0.5, 0.6) is 0 Å². The lowest BCUT2D eigenvalue weighted by atomic mass is 9.97. The molecule has 5 atom stereocenters. The zero-order chi connectivity index (χ0) is 10.7. The number of aliphatic hydroxyl groups excluding tert-OH is 4. The molecule has 0 radical (unpaired) electrons. The van der Waals surface area contributed by atoms with Crippen molar-refractivity contribution in [1.29, 1.82) is 0 Å². The van der Waals surface area contributed by atoms with Crippen LogP contribution < -0.4 is 0 Å². The third kappa shape index (κ3) is 1.95. The SMILES string of the molecule is [N-]=[N+]=N[C@@H]1C(O)C(O)OC(CO)[C@H]1O. The van der Waals surface area contributed by atoms with Crippen molar-refractivity contribution in [2.75, 3.05) is 6.61 Å². The fraction of sp³-hybridized carbons (Fsp3) is 1.00. The summed E-state index contributed by atoms with van der Waals surface area (Å²) in [4.78, 5) is 2.42. The number of hydrogen-bond acceptors (Lipinski definition) is 6. The fourth-order valence-electron chi connectivity index (χ4n) is 1.28. The van der Waals surface area contributed by atoms with E-state index in [4.69, 9.17) is 15.7 Å². The summed E-state index contributed by atoms with van der Waals surface area (Å²) >= 11 is 0. The third-order valence-corrected chi connectivity index (χ3v) is 2.05. The molecular formula is C6H11N3O5. The number of azide groups is 1. The highest BCUT2D eigenvalue weighted by Crippen LogP contribution is 2.22. The molecule has 1 heterocycles. The second kappa shape index (κ2) is 4.56. The molecule has 1 saturated heterocycles. The predicted molar refractivity (Wildman–Crippen MR) is 42.9 cm³/mol. The lowest BCUT2D eigenvalue weighted by Gasteiger charge is -2.37. The summed E-state index contributed by atoms with van der Waals surface area (Å²) in [5.74, 6) is 0. The maximum absolute atomic E-state index is 9.43. The molecule has 1 aliphatic heterocycles. The van der Waals surface area contributed by atoms with Gasteiger partial charge < -0.3 is 25.2 Å². The zero-order valence-electron chi connectivity index (χ0n) is 7.13. The van der Waals surface area contributed by atoms with Crippen molar-refractivity contribution >= 4 is 0 Å². The molecule has 1 fully saturated rings. The zero-order valence-corrected chi connectivity index (χ0v) is 7.13. The average molecular weight is 205 g/mol. The Morgan fingerprint density at radius 1 is 1.29 bits per heavy atom. The third-order valence-electron chi connectivity index (χ3n) is 2.05. The molecule has 0 aromatic carbocycles. The van der Waals surface area contributed by atoms with E-state index in [9.17, 15) is 10.2 Å². The smallest absolute Gasteiger partial charge is 0.181 e. The monoisotopic (exact) mass is 205 g/mol. The Bertz CT molecular complexity index is 244. The molecule has 14 heavy (non-hydrogen) atoms. The molecule has 0 spiro atoms. The highest BCUT2D eigenvalue weighted by atomic mass is 16.6. The van der Waals surface area contributed by atoms with Crippen molar-refractivity contribution in [2.45, 2.75) is 30.6 Å². The Labute approximate surface area is 79.0 Å². The van der Waals surface area contributed by atoms with Crippen molar-refractivity contribution in [3.63, 3.8) is 0 Å². The molecule has 0 aliphatic carbocycles. The number of hydrogen-bond donors (Lipinski definition) is 4. The van der Waals surface area contributed by atoms with Crippen LogP contribution in [-0.2, 0) is 4.74 Å². The Morgan fingerprint density at radius 3 is 2.43 bits per heavy atom. The van der Waals surface area contributed by atoms with Gasteiger partial charge in [0.1, 0.15) is 12.2 Å². The van der Waals surface area contributed by atoms with E-state index in [1.54, 1.807) is 0 Å². The number of rotatable bonds is 2. The summed E-state index contributed by atoms with van der Waals surface area (Å²) in [7, 11) is 0. The lowest BCUT2D eigenvalue weighted by Crippen LogP contribution is -2.57. The fourth-order valence-corrected chi connectivity index (χ4v) is 1.28. The quantitative estimate of drug-likeness (QED) is 0.237. The van der Waals surface area contributed by atoms with Crippen molar-refractivity contribution < 1.29 is 25.2 Å². The molecule has 0 aromatic rings. The summed E-state index contributed by atoms with van der Waals surface area (Å²) in [6, 6.07) is -1.22. The molecule has 0 amide bonds. The normalized spacial score (nSPS) is 43.0. The van der Waals surface area contributed by atoms with Gasteiger partial charge in [-0.05, 0) is 5.53 Å². The van der Waals surface area contributed by atoms with E-state index in [1.807, 2.05) is 0 Å². The van der Waals surface area contributed by atoms with E-state index in [0.717, 1.165) is 0 Å². The molecule has 8 nitrogen and oxygen atoms in total. The Hall–Kier alpha value is -0.890. The van der Waals surface area contributed by atoms with Gasteiger partial charge in [-0.2, -0.15) is 0 Å². The second-order valence-corrected chi connectivity index (χ2v) is 2.92. The molecule has 1 aliphatic rings. The molecule has 4 N–H and O–H groups in total. The standard InChI is InChI=1S/C6H11N3O5/c7-9-8-3-4(11)2(1-10)14-6(13)5(3)12/h2-6,10-13H,1H2/t2?,3-,4+,5?,6?/m0/s1. The number of ether oxygens (including phenoxy) is 1. The second-order valence-electron chi connectivity index (χ2n) is 2.92. The number of nitrogens with zero attached hydrogens (tertiary/aromatic N) is 3. The van der Waals surface area contributed by atoms with E-state index in [-0.39, 0.29) is 0 Å². The van der Waals surface area contributed by atoms with Gasteiger partial charge in [0.05, 0.1) is 18.8 Å². The molecule has 3 unspecified atom stereocenters. The van der Waals surface area contributed by atoms with Crippen LogP contribution in [0.25, 0.3) is 10.4 Å². The van der Waals surface area contributed by atoms with Gasteiger partial charge in [-0.3, -0.25) is 0 Å². The lowest BCUT2D eigenvalue weighted by molar-refractivity contribution is -0.258. The van der Waals surface area contributed by atoms with E-state index in [0.29, 0.717) is 0 Å². The van der Waals surface area contributed by atoms with Gasteiger partial charge >= 0.3 is 0 Å². The Balaban J connectivity index is 2.82. The van der Waals surface area contributed by atoms with Crippen LogP contribution in [0.4, 0.5) is 0 Å². The van der Waals surface area contributed by atoms with E-state index < -0.39 is 37.3 Å². The summed E-state index contributed by atoms with van der Waals surface area (Å²) < 4.78 is 4.66. The first kappa shape index (κ1) is 11.2. The molecule has 1 rings (SSSR count). The largest absolute Gasteiger partial charge is 0.394 e. The Morgan fingerprint density at radius 2 is 1.93 bits per heavy atom. The highest BCUT2D eigenvalue weighted by molar-refractivity contribution is 4.93. The summed E-state index contributed by atoms with van der Waals surface area (Å²) in [5.41, 5.74) is 8.15. The van der Waals surface area contributed by atoms with E-state index in [1.165, 1.54) is 0 Å². The molecule has 0 aromatic heterocycles. The summed E-state index contributed by atoms with van der Waals surface area (Å²) in [5, 5.41) is 39.7. The maximum atomic E-state index is 9.43. The first-order chi connectivity index (χ1) is 6.61. The highest BCUT2D eigenvalue weighted by Gasteiger charge is 2.43. The minimum absolute atomic E-state index is 0.539. The van der Waals surface area contributed by atoms with Crippen LogP contribution >= 0.6 is 0 Å². The van der Waals surface area contributed by atoms with Gasteiger partial charge in [-0.1, -0.05) is 5.11 Å². The van der Waals surface area contributed by atoms with Crippen LogP contribution in [0.2, 0.25) is 0 Å². The molecular weight excluding hydrogens is 194 g/mol. The average Bonchev–Trinajstić information content (AvgIpc) is 2.18. The Kier molecular flexibility index (Phi) is 3.64. The van der Waals surface area contributed by atoms with E-state index in [2.05, 4.69) is 14.8 Å². The molecule has 80 valence electrons. The van der Waals surface area contributed by atoms with Crippen LogP contribution in [0, 0.1) is 0 Å². The van der Waals surface area contributed by atoms with Crippen molar-refractivity contribution in [2.24, 2.45) is 5.11 Å². The van der Waals surface area contributed by atoms with E-state index >= 15 is 0 Å². The van der Waals surface area contributed by atoms with Crippen LogP contribution in [-0.4, -0.2) is 57.7 Å². The first-order valence-electron chi connectivity index (χ1n) is 3.96. The van der Waals surface area contributed by atoms with Crippen molar-refractivity contribution in [3.8, 4) is 0 Å². The molecule has 0 bridgehead atoms. The van der Waals surface area contributed by atoms with Gasteiger partial charge in [0.25, 0.3) is 0 Å². The van der Waals surface area contributed by atoms with Crippen molar-refractivity contribution in [3.05, 3.63) is 10.4 Å². The van der Waals surface area contributed by atoms with Crippen molar-refractivity contribution in [1.82, 2.24) is 0 Å². The van der Waals surface area contributed by atoms with Gasteiger partial charge in [-0.15, -0.1) is 0 Å². The van der Waals surface area contributed by atoms with Crippen LogP contribution in [0.3, 0.4) is 0 Å².